The molecule has 0 bridgehead atoms. The van der Waals surface area contributed by atoms with Gasteiger partial charge in [-0.2, -0.15) is 0 Å². The maximum Gasteiger partial charge on any atom is 0.165 e. The summed E-state index contributed by atoms with van der Waals surface area (Å²) in [6.45, 7) is 3.31. The summed E-state index contributed by atoms with van der Waals surface area (Å²) in [5, 5.41) is 0. The van der Waals surface area contributed by atoms with Gasteiger partial charge in [-0.05, 0) is 26.0 Å². The molecular formula is C16H22N2O3. The molecule has 5 nitrogen and oxygen atoms in total. The number of ether oxygens (including phenoxy) is 3. The summed E-state index contributed by atoms with van der Waals surface area (Å²) < 4.78 is 17.7. The summed E-state index contributed by atoms with van der Waals surface area (Å²) in [6, 6.07) is 3.96. The largest absolute Gasteiger partial charge is 0.487 e. The molecule has 4 rings (SSSR count). The van der Waals surface area contributed by atoms with Crippen molar-refractivity contribution in [1.82, 2.24) is 4.90 Å². The molecule has 5 heteroatoms. The fourth-order valence-electron chi connectivity index (χ4n) is 3.58. The van der Waals surface area contributed by atoms with Crippen LogP contribution in [-0.2, 0) is 0 Å². The first kappa shape index (κ1) is 13.2. The smallest absolute Gasteiger partial charge is 0.165 e. The minimum Gasteiger partial charge on any atom is -0.487 e. The third kappa shape index (κ3) is 2.24. The van der Waals surface area contributed by atoms with Gasteiger partial charge in [-0.15, -0.1) is 0 Å². The number of hydrogen-bond donors (Lipinski definition) is 1. The van der Waals surface area contributed by atoms with E-state index in [4.69, 9.17) is 19.9 Å². The summed E-state index contributed by atoms with van der Waals surface area (Å²) in [5.74, 6) is 2.44. The van der Waals surface area contributed by atoms with E-state index in [-0.39, 0.29) is 11.6 Å². The first-order valence-corrected chi connectivity index (χ1v) is 7.72. The molecule has 0 saturated carbocycles. The fraction of sp³-hybridized carbons (Fsp3) is 0.625. The molecule has 3 aliphatic rings. The molecular weight excluding hydrogens is 268 g/mol. The van der Waals surface area contributed by atoms with E-state index in [1.165, 1.54) is 0 Å². The van der Waals surface area contributed by atoms with E-state index in [1.54, 1.807) is 0 Å². The predicted molar refractivity (Wildman–Crippen MR) is 79.1 cm³/mol. The second-order valence-corrected chi connectivity index (χ2v) is 6.43. The van der Waals surface area contributed by atoms with E-state index in [0.29, 0.717) is 13.2 Å². The highest BCUT2D eigenvalue weighted by Crippen LogP contribution is 2.47. The van der Waals surface area contributed by atoms with Crippen LogP contribution in [0, 0.1) is 0 Å². The Balaban J connectivity index is 1.67. The number of piperidine rings is 1. The lowest BCUT2D eigenvalue weighted by Crippen LogP contribution is -2.50. The first-order chi connectivity index (χ1) is 10.2. The minimum atomic E-state index is -0.108. The van der Waals surface area contributed by atoms with Crippen LogP contribution < -0.4 is 19.9 Å². The zero-order chi connectivity index (χ0) is 14.4. The van der Waals surface area contributed by atoms with Gasteiger partial charge in [0, 0.05) is 37.2 Å². The highest BCUT2D eigenvalue weighted by Gasteiger charge is 2.42. The Morgan fingerprint density at radius 2 is 1.76 bits per heavy atom. The highest BCUT2D eigenvalue weighted by molar-refractivity contribution is 5.53. The van der Waals surface area contributed by atoms with Gasteiger partial charge in [0.2, 0.25) is 0 Å². The van der Waals surface area contributed by atoms with Gasteiger partial charge in [0.25, 0.3) is 0 Å². The van der Waals surface area contributed by atoms with Crippen LogP contribution in [0.4, 0.5) is 0 Å². The molecule has 2 N–H and O–H groups in total. The van der Waals surface area contributed by atoms with Crippen molar-refractivity contribution in [3.63, 3.8) is 0 Å². The van der Waals surface area contributed by atoms with Gasteiger partial charge in [-0.25, -0.2) is 0 Å². The average molecular weight is 290 g/mol. The van der Waals surface area contributed by atoms with Crippen LogP contribution in [0.2, 0.25) is 0 Å². The van der Waals surface area contributed by atoms with Gasteiger partial charge in [-0.1, -0.05) is 0 Å². The highest BCUT2D eigenvalue weighted by atomic mass is 16.6. The van der Waals surface area contributed by atoms with Crippen LogP contribution in [0.3, 0.4) is 0 Å². The Bertz CT molecular complexity index is 553. The molecule has 1 atom stereocenters. The topological polar surface area (TPSA) is 57.0 Å². The second-order valence-electron chi connectivity index (χ2n) is 6.43. The van der Waals surface area contributed by atoms with Gasteiger partial charge in [0.1, 0.15) is 24.6 Å². The summed E-state index contributed by atoms with van der Waals surface area (Å²) in [4.78, 5) is 2.35. The summed E-state index contributed by atoms with van der Waals surface area (Å²) in [6.07, 6.45) is 2.95. The number of benzene rings is 1. The van der Waals surface area contributed by atoms with Crippen molar-refractivity contribution in [3.05, 3.63) is 17.7 Å². The Labute approximate surface area is 125 Å². The Morgan fingerprint density at radius 3 is 2.48 bits per heavy atom. The fourth-order valence-corrected chi connectivity index (χ4v) is 3.58. The van der Waals surface area contributed by atoms with Crippen molar-refractivity contribution >= 4 is 0 Å². The molecule has 1 spiro atoms. The summed E-state index contributed by atoms with van der Waals surface area (Å²) >= 11 is 0. The molecule has 0 radical (unpaired) electrons. The molecule has 3 aliphatic heterocycles. The maximum atomic E-state index is 6.43. The Morgan fingerprint density at radius 1 is 1.10 bits per heavy atom. The van der Waals surface area contributed by atoms with Crippen LogP contribution in [0.25, 0.3) is 0 Å². The third-order valence-corrected chi connectivity index (χ3v) is 4.89. The molecule has 1 aromatic carbocycles. The molecule has 1 aromatic rings. The number of likely N-dealkylation sites (tertiary alicyclic amines) is 1. The Hall–Kier alpha value is -1.46. The van der Waals surface area contributed by atoms with Gasteiger partial charge < -0.3 is 24.8 Å². The molecule has 21 heavy (non-hydrogen) atoms. The zero-order valence-corrected chi connectivity index (χ0v) is 12.4. The number of nitrogens with two attached hydrogens (primary N) is 1. The van der Waals surface area contributed by atoms with Crippen molar-refractivity contribution in [1.29, 1.82) is 0 Å². The monoisotopic (exact) mass is 290 g/mol. The zero-order valence-electron chi connectivity index (χ0n) is 12.4. The lowest BCUT2D eigenvalue weighted by atomic mass is 9.81. The van der Waals surface area contributed by atoms with Crippen LogP contribution in [0.1, 0.15) is 30.9 Å². The lowest BCUT2D eigenvalue weighted by molar-refractivity contribution is -0.0168. The van der Waals surface area contributed by atoms with Crippen molar-refractivity contribution in [2.75, 3.05) is 33.4 Å². The van der Waals surface area contributed by atoms with E-state index < -0.39 is 0 Å². The standard InChI is InChI=1S/C16H22N2O3/c1-18-4-2-16(3-5-18)10-12(17)11-8-14-15(9-13(11)21-16)20-7-6-19-14/h8-9,12H,2-7,10,17H2,1H3. The second kappa shape index (κ2) is 4.78. The van der Waals surface area contributed by atoms with Crippen LogP contribution >= 0.6 is 0 Å². The average Bonchev–Trinajstić information content (AvgIpc) is 2.49. The molecule has 0 aromatic heterocycles. The summed E-state index contributed by atoms with van der Waals surface area (Å²) in [7, 11) is 2.16. The van der Waals surface area contributed by atoms with Crippen molar-refractivity contribution in [2.45, 2.75) is 30.9 Å². The molecule has 1 unspecified atom stereocenters. The van der Waals surface area contributed by atoms with E-state index in [1.807, 2.05) is 12.1 Å². The van der Waals surface area contributed by atoms with Gasteiger partial charge in [-0.3, -0.25) is 0 Å². The van der Waals surface area contributed by atoms with E-state index >= 15 is 0 Å². The van der Waals surface area contributed by atoms with Gasteiger partial charge in [0.15, 0.2) is 11.5 Å². The van der Waals surface area contributed by atoms with Gasteiger partial charge in [0.05, 0.1) is 0 Å². The van der Waals surface area contributed by atoms with Crippen LogP contribution in [0.15, 0.2) is 12.1 Å². The number of rotatable bonds is 0. The molecule has 114 valence electrons. The van der Waals surface area contributed by atoms with Crippen molar-refractivity contribution in [2.24, 2.45) is 5.73 Å². The number of nitrogens with zero attached hydrogens (tertiary/aromatic N) is 1. The lowest BCUT2D eigenvalue weighted by Gasteiger charge is -2.45. The SMILES string of the molecule is CN1CCC2(CC1)CC(N)c1cc3c(cc1O2)OCCO3. The Kier molecular flexibility index (Phi) is 3.01. The molecule has 1 fully saturated rings. The third-order valence-electron chi connectivity index (χ3n) is 4.89. The maximum absolute atomic E-state index is 6.43. The van der Waals surface area contributed by atoms with Crippen molar-refractivity contribution < 1.29 is 14.2 Å². The van der Waals surface area contributed by atoms with Crippen molar-refractivity contribution in [3.8, 4) is 17.2 Å². The molecule has 1 saturated heterocycles. The first-order valence-electron chi connectivity index (χ1n) is 7.72. The number of fused-ring (bicyclic) bond motifs is 2. The van der Waals surface area contributed by atoms with E-state index in [2.05, 4.69) is 11.9 Å². The summed E-state index contributed by atoms with van der Waals surface area (Å²) in [5.41, 5.74) is 7.37. The van der Waals surface area contributed by atoms with E-state index in [9.17, 15) is 0 Å². The quantitative estimate of drug-likeness (QED) is 0.788. The van der Waals surface area contributed by atoms with E-state index in [0.717, 1.165) is 55.2 Å². The van der Waals surface area contributed by atoms with Crippen LogP contribution in [0.5, 0.6) is 17.2 Å². The van der Waals surface area contributed by atoms with Gasteiger partial charge >= 0.3 is 0 Å². The predicted octanol–water partition coefficient (Wildman–Crippen LogP) is 1.70. The molecule has 0 aliphatic carbocycles. The van der Waals surface area contributed by atoms with Crippen LogP contribution in [-0.4, -0.2) is 43.9 Å². The minimum absolute atomic E-state index is 0.00739. The number of hydrogen-bond acceptors (Lipinski definition) is 5. The normalized spacial score (nSPS) is 27.0. The molecule has 0 amide bonds. The molecule has 3 heterocycles.